The predicted molar refractivity (Wildman–Crippen MR) is 80.2 cm³/mol. The van der Waals surface area contributed by atoms with Crippen molar-refractivity contribution in [1.29, 1.82) is 0 Å². The van der Waals surface area contributed by atoms with Gasteiger partial charge in [0.25, 0.3) is 0 Å². The van der Waals surface area contributed by atoms with Crippen LogP contribution in [-0.4, -0.2) is 20.0 Å². The van der Waals surface area contributed by atoms with Crippen LogP contribution in [0.25, 0.3) is 0 Å². The molecule has 4 heteroatoms. The summed E-state index contributed by atoms with van der Waals surface area (Å²) in [5.74, 6) is 2.01. The Morgan fingerprint density at radius 2 is 1.84 bits per heavy atom. The van der Waals surface area contributed by atoms with Gasteiger partial charge in [0.2, 0.25) is 0 Å². The minimum Gasteiger partial charge on any atom is -0.493 e. The van der Waals surface area contributed by atoms with Gasteiger partial charge in [0.15, 0.2) is 11.5 Å². The van der Waals surface area contributed by atoms with Crippen LogP contribution in [0, 0.1) is 0 Å². The highest BCUT2D eigenvalue weighted by Gasteiger charge is 2.17. The Bertz CT molecular complexity index is 443. The van der Waals surface area contributed by atoms with Crippen LogP contribution in [-0.2, 0) is 4.79 Å². The Hall–Kier alpha value is -1.03. The summed E-state index contributed by atoms with van der Waals surface area (Å²) in [6.07, 6.45) is 2.46. The van der Waals surface area contributed by atoms with E-state index in [1.54, 1.807) is 21.1 Å². The zero-order chi connectivity index (χ0) is 14.4. The fourth-order valence-electron chi connectivity index (χ4n) is 2.14. The van der Waals surface area contributed by atoms with E-state index in [0.29, 0.717) is 18.1 Å². The van der Waals surface area contributed by atoms with Crippen LogP contribution in [0.3, 0.4) is 0 Å². The average Bonchev–Trinajstić information content (AvgIpc) is 2.40. The molecule has 0 amide bonds. The molecule has 1 rings (SSSR count). The van der Waals surface area contributed by atoms with Gasteiger partial charge in [0, 0.05) is 10.9 Å². The molecule has 0 aliphatic heterocycles. The van der Waals surface area contributed by atoms with E-state index >= 15 is 0 Å². The highest BCUT2D eigenvalue weighted by atomic mass is 79.9. The predicted octanol–water partition coefficient (Wildman–Crippen LogP) is 4.33. The second kappa shape index (κ2) is 7.53. The molecule has 0 saturated carbocycles. The minimum atomic E-state index is 0.232. The van der Waals surface area contributed by atoms with E-state index in [9.17, 15) is 4.79 Å². The Morgan fingerprint density at radius 1 is 1.26 bits per heavy atom. The van der Waals surface area contributed by atoms with Crippen molar-refractivity contribution in [2.24, 2.45) is 0 Å². The van der Waals surface area contributed by atoms with E-state index in [1.165, 1.54) is 5.56 Å². The fraction of sp³-hybridized carbons (Fsp3) is 0.533. The van der Waals surface area contributed by atoms with Crippen molar-refractivity contribution >= 4 is 21.7 Å². The summed E-state index contributed by atoms with van der Waals surface area (Å²) in [4.78, 5) is 11.1. The van der Waals surface area contributed by atoms with Crippen LogP contribution in [0.5, 0.6) is 11.5 Å². The molecule has 0 radical (unpaired) electrons. The maximum absolute atomic E-state index is 11.1. The number of Topliss-reactive ketones (excluding diaryl/α,β-unsaturated/α-hetero) is 1. The molecule has 1 unspecified atom stereocenters. The van der Waals surface area contributed by atoms with Crippen molar-refractivity contribution in [1.82, 2.24) is 0 Å². The summed E-state index contributed by atoms with van der Waals surface area (Å²) in [6.45, 7) is 3.77. The summed E-state index contributed by atoms with van der Waals surface area (Å²) in [6, 6.07) is 3.92. The standard InChI is InChI=1S/C15H21BrO3/c1-5-11(7-6-10(2)17)12-8-14(18-3)15(19-4)9-13(12)16/h8-9,11H,5-7H2,1-4H3. The van der Waals surface area contributed by atoms with E-state index in [1.807, 2.05) is 12.1 Å². The van der Waals surface area contributed by atoms with Gasteiger partial charge in [-0.05, 0) is 43.4 Å². The molecule has 3 nitrogen and oxygen atoms in total. The van der Waals surface area contributed by atoms with Gasteiger partial charge >= 0.3 is 0 Å². The molecule has 1 aromatic rings. The first-order valence-corrected chi connectivity index (χ1v) is 7.23. The Labute approximate surface area is 123 Å². The summed E-state index contributed by atoms with van der Waals surface area (Å²) in [7, 11) is 3.25. The molecule has 0 aliphatic rings. The molecule has 19 heavy (non-hydrogen) atoms. The number of rotatable bonds is 7. The van der Waals surface area contributed by atoms with Gasteiger partial charge in [-0.3, -0.25) is 0 Å². The summed E-state index contributed by atoms with van der Waals surface area (Å²) >= 11 is 3.58. The number of ether oxygens (including phenoxy) is 2. The fourth-order valence-corrected chi connectivity index (χ4v) is 2.79. The maximum Gasteiger partial charge on any atom is 0.161 e. The third-order valence-electron chi connectivity index (χ3n) is 3.28. The number of benzene rings is 1. The van der Waals surface area contributed by atoms with Crippen molar-refractivity contribution in [2.45, 2.75) is 39.0 Å². The van der Waals surface area contributed by atoms with E-state index in [2.05, 4.69) is 22.9 Å². The normalized spacial score (nSPS) is 12.1. The maximum atomic E-state index is 11.1. The van der Waals surface area contributed by atoms with Crippen LogP contribution in [0.4, 0.5) is 0 Å². The lowest BCUT2D eigenvalue weighted by atomic mass is 9.91. The molecular weight excluding hydrogens is 308 g/mol. The van der Waals surface area contributed by atoms with Crippen LogP contribution < -0.4 is 9.47 Å². The van der Waals surface area contributed by atoms with Gasteiger partial charge in [-0.25, -0.2) is 0 Å². The van der Waals surface area contributed by atoms with Crippen molar-refractivity contribution in [3.8, 4) is 11.5 Å². The molecule has 0 bridgehead atoms. The van der Waals surface area contributed by atoms with Crippen molar-refractivity contribution in [2.75, 3.05) is 14.2 Å². The molecule has 0 heterocycles. The highest BCUT2D eigenvalue weighted by Crippen LogP contribution is 2.39. The van der Waals surface area contributed by atoms with Gasteiger partial charge < -0.3 is 14.3 Å². The first-order chi connectivity index (χ1) is 9.03. The van der Waals surface area contributed by atoms with E-state index in [-0.39, 0.29) is 5.78 Å². The smallest absolute Gasteiger partial charge is 0.161 e. The van der Waals surface area contributed by atoms with Crippen molar-refractivity contribution < 1.29 is 14.3 Å². The first kappa shape index (κ1) is 16.0. The van der Waals surface area contributed by atoms with Gasteiger partial charge in [-0.15, -0.1) is 0 Å². The molecule has 0 saturated heterocycles. The Balaban J connectivity index is 3.05. The average molecular weight is 329 g/mol. The quantitative estimate of drug-likeness (QED) is 0.747. The Morgan fingerprint density at radius 3 is 2.32 bits per heavy atom. The lowest BCUT2D eigenvalue weighted by molar-refractivity contribution is -0.117. The molecule has 0 spiro atoms. The number of hydrogen-bond donors (Lipinski definition) is 0. The van der Waals surface area contributed by atoms with Gasteiger partial charge in [-0.2, -0.15) is 0 Å². The molecule has 106 valence electrons. The molecule has 1 aromatic carbocycles. The summed E-state index contributed by atoms with van der Waals surface area (Å²) in [5, 5.41) is 0. The topological polar surface area (TPSA) is 35.5 Å². The van der Waals surface area contributed by atoms with Crippen LogP contribution in [0.15, 0.2) is 16.6 Å². The molecule has 0 N–H and O–H groups in total. The number of carbonyl (C=O) groups excluding carboxylic acids is 1. The third-order valence-corrected chi connectivity index (χ3v) is 3.97. The van der Waals surface area contributed by atoms with Gasteiger partial charge in [0.05, 0.1) is 14.2 Å². The number of methoxy groups -OCH3 is 2. The lowest BCUT2D eigenvalue weighted by Gasteiger charge is -2.19. The summed E-state index contributed by atoms with van der Waals surface area (Å²) in [5.41, 5.74) is 1.17. The lowest BCUT2D eigenvalue weighted by Crippen LogP contribution is -2.03. The SMILES string of the molecule is CCC(CCC(C)=O)c1cc(OC)c(OC)cc1Br. The van der Waals surface area contributed by atoms with Crippen LogP contribution >= 0.6 is 15.9 Å². The molecule has 1 atom stereocenters. The molecule has 0 aromatic heterocycles. The zero-order valence-corrected chi connectivity index (χ0v) is 13.5. The zero-order valence-electron chi connectivity index (χ0n) is 12.0. The molecule has 0 aliphatic carbocycles. The van der Waals surface area contributed by atoms with E-state index < -0.39 is 0 Å². The largest absolute Gasteiger partial charge is 0.493 e. The first-order valence-electron chi connectivity index (χ1n) is 6.44. The monoisotopic (exact) mass is 328 g/mol. The third kappa shape index (κ3) is 4.23. The number of hydrogen-bond acceptors (Lipinski definition) is 3. The highest BCUT2D eigenvalue weighted by molar-refractivity contribution is 9.10. The van der Waals surface area contributed by atoms with Crippen LogP contribution in [0.1, 0.15) is 44.6 Å². The second-order valence-electron chi connectivity index (χ2n) is 4.57. The van der Waals surface area contributed by atoms with Crippen LogP contribution in [0.2, 0.25) is 0 Å². The second-order valence-corrected chi connectivity index (χ2v) is 5.43. The van der Waals surface area contributed by atoms with Crippen molar-refractivity contribution in [3.05, 3.63) is 22.2 Å². The Kier molecular flexibility index (Phi) is 6.35. The summed E-state index contributed by atoms with van der Waals surface area (Å²) < 4.78 is 11.6. The molecule has 0 fully saturated rings. The van der Waals surface area contributed by atoms with E-state index in [0.717, 1.165) is 23.1 Å². The number of carbonyl (C=O) groups is 1. The van der Waals surface area contributed by atoms with Gasteiger partial charge in [0.1, 0.15) is 5.78 Å². The minimum absolute atomic E-state index is 0.232. The number of halogens is 1. The molecular formula is C15H21BrO3. The van der Waals surface area contributed by atoms with E-state index in [4.69, 9.17) is 9.47 Å². The number of ketones is 1. The van der Waals surface area contributed by atoms with Gasteiger partial charge in [-0.1, -0.05) is 22.9 Å². The van der Waals surface area contributed by atoms with Crippen molar-refractivity contribution in [3.63, 3.8) is 0 Å².